The van der Waals surface area contributed by atoms with Gasteiger partial charge in [0.15, 0.2) is 0 Å². The van der Waals surface area contributed by atoms with Crippen molar-refractivity contribution in [2.45, 2.75) is 32.2 Å². The number of primary amides is 1. The van der Waals surface area contributed by atoms with E-state index in [2.05, 4.69) is 10.2 Å². The molecule has 2 aliphatic heterocycles. The molecule has 4 rings (SSSR count). The summed E-state index contributed by atoms with van der Waals surface area (Å²) in [5.41, 5.74) is 8.63. The van der Waals surface area contributed by atoms with Crippen molar-refractivity contribution in [3.8, 4) is 0 Å². The zero-order valence-electron chi connectivity index (χ0n) is 15.9. The van der Waals surface area contributed by atoms with Crippen molar-refractivity contribution in [2.24, 2.45) is 11.1 Å². The normalized spacial score (nSPS) is 23.8. The van der Waals surface area contributed by atoms with Gasteiger partial charge in [-0.15, -0.1) is 0 Å². The minimum Gasteiger partial charge on any atom is -0.377 e. The van der Waals surface area contributed by atoms with Gasteiger partial charge < -0.3 is 16.0 Å². The summed E-state index contributed by atoms with van der Waals surface area (Å²) in [6.45, 7) is 3.61. The number of carbonyl (C=O) groups is 2. The second kappa shape index (κ2) is 6.93. The molecule has 2 atom stereocenters. The number of benzene rings is 2. The van der Waals surface area contributed by atoms with E-state index in [4.69, 9.17) is 5.73 Å². The van der Waals surface area contributed by atoms with Gasteiger partial charge in [0.1, 0.15) is 12.1 Å². The number of carbonyl (C=O) groups excluding carboxylic acids is 2. The van der Waals surface area contributed by atoms with E-state index in [1.807, 2.05) is 12.1 Å². The Bertz CT molecular complexity index is 939. The lowest BCUT2D eigenvalue weighted by molar-refractivity contribution is -0.127. The average Bonchev–Trinajstić information content (AvgIpc) is 3.21. The van der Waals surface area contributed by atoms with Crippen LogP contribution in [-0.4, -0.2) is 25.3 Å². The van der Waals surface area contributed by atoms with Gasteiger partial charge in [-0.1, -0.05) is 0 Å². The van der Waals surface area contributed by atoms with E-state index in [-0.39, 0.29) is 5.82 Å². The molecule has 0 aliphatic carbocycles. The Hall–Kier alpha value is -2.89. The number of nitrogens with zero attached hydrogens (tertiary/aromatic N) is 1. The zero-order chi connectivity index (χ0) is 19.9. The van der Waals surface area contributed by atoms with Crippen molar-refractivity contribution < 1.29 is 14.0 Å². The average molecular weight is 381 g/mol. The van der Waals surface area contributed by atoms with Gasteiger partial charge in [-0.3, -0.25) is 9.59 Å². The summed E-state index contributed by atoms with van der Waals surface area (Å²) in [6.07, 6.45) is 3.35. The molecule has 2 aromatic carbocycles. The van der Waals surface area contributed by atoms with E-state index >= 15 is 0 Å². The van der Waals surface area contributed by atoms with Crippen molar-refractivity contribution in [1.29, 1.82) is 0 Å². The second-order valence-corrected chi connectivity index (χ2v) is 8.01. The summed E-state index contributed by atoms with van der Waals surface area (Å²) < 4.78 is 14.5. The van der Waals surface area contributed by atoms with E-state index in [9.17, 15) is 14.0 Å². The van der Waals surface area contributed by atoms with E-state index in [1.54, 1.807) is 25.1 Å². The summed E-state index contributed by atoms with van der Waals surface area (Å²) in [5, 5.41) is 3.38. The molecule has 0 radical (unpaired) electrons. The van der Waals surface area contributed by atoms with Crippen molar-refractivity contribution in [1.82, 2.24) is 0 Å². The fourth-order valence-corrected chi connectivity index (χ4v) is 4.39. The van der Waals surface area contributed by atoms with Crippen LogP contribution in [0.15, 0.2) is 36.4 Å². The highest BCUT2D eigenvalue weighted by Gasteiger charge is 2.44. The highest BCUT2D eigenvalue weighted by Crippen LogP contribution is 2.46. The van der Waals surface area contributed by atoms with Gasteiger partial charge in [0.05, 0.1) is 11.5 Å². The fraction of sp³-hybridized carbons (Fsp3) is 0.364. The van der Waals surface area contributed by atoms with Gasteiger partial charge in [-0.25, -0.2) is 4.39 Å². The monoisotopic (exact) mass is 381 g/mol. The molecule has 2 heterocycles. The van der Waals surface area contributed by atoms with Gasteiger partial charge in [0.25, 0.3) is 0 Å². The van der Waals surface area contributed by atoms with Gasteiger partial charge in [-0.2, -0.15) is 0 Å². The molecule has 1 amide bonds. The molecular formula is C22H24FN3O2. The van der Waals surface area contributed by atoms with Crippen molar-refractivity contribution in [3.05, 3.63) is 58.9 Å². The molecule has 3 N–H and O–H groups in total. The Kier molecular flexibility index (Phi) is 4.57. The largest absolute Gasteiger partial charge is 0.377 e. The van der Waals surface area contributed by atoms with Gasteiger partial charge in [0.2, 0.25) is 5.91 Å². The number of aldehydes is 1. The lowest BCUT2D eigenvalue weighted by atomic mass is 9.70. The van der Waals surface area contributed by atoms with Crippen LogP contribution < -0.4 is 16.0 Å². The first-order valence-electron chi connectivity index (χ1n) is 9.61. The third-order valence-corrected chi connectivity index (χ3v) is 6.03. The Balaban J connectivity index is 1.78. The van der Waals surface area contributed by atoms with Crippen LogP contribution in [0.25, 0.3) is 0 Å². The third-order valence-electron chi connectivity index (χ3n) is 6.03. The maximum atomic E-state index is 14.5. The second-order valence-electron chi connectivity index (χ2n) is 8.01. The number of hydrogen-bond acceptors (Lipinski definition) is 4. The number of nitrogens with two attached hydrogens (primary N) is 1. The van der Waals surface area contributed by atoms with Crippen LogP contribution in [0.1, 0.15) is 47.3 Å². The summed E-state index contributed by atoms with van der Waals surface area (Å²) in [7, 11) is 0. The molecule has 28 heavy (non-hydrogen) atoms. The maximum absolute atomic E-state index is 14.5. The van der Waals surface area contributed by atoms with Crippen LogP contribution in [0.5, 0.6) is 0 Å². The van der Waals surface area contributed by atoms with Crippen molar-refractivity contribution in [3.63, 3.8) is 0 Å². The highest BCUT2D eigenvalue weighted by molar-refractivity contribution is 5.85. The van der Waals surface area contributed by atoms with Gasteiger partial charge >= 0.3 is 0 Å². The summed E-state index contributed by atoms with van der Waals surface area (Å²) in [6, 6.07) is 9.84. The zero-order valence-corrected chi connectivity index (χ0v) is 15.9. The molecule has 1 fully saturated rings. The first kappa shape index (κ1) is 18.5. The Morgan fingerprint density at radius 1 is 1.25 bits per heavy atom. The van der Waals surface area contributed by atoms with E-state index < -0.39 is 17.4 Å². The third kappa shape index (κ3) is 3.13. The van der Waals surface area contributed by atoms with Gasteiger partial charge in [0, 0.05) is 30.0 Å². The summed E-state index contributed by atoms with van der Waals surface area (Å²) in [4.78, 5) is 25.7. The van der Waals surface area contributed by atoms with Crippen LogP contribution in [0.4, 0.5) is 15.8 Å². The van der Waals surface area contributed by atoms with Crippen LogP contribution >= 0.6 is 0 Å². The number of hydrogen-bond donors (Lipinski definition) is 2. The lowest BCUT2D eigenvalue weighted by Crippen LogP contribution is -2.47. The molecule has 2 aliphatic rings. The number of amides is 1. The predicted octanol–water partition coefficient (Wildman–Crippen LogP) is 3.44. The number of nitrogens with one attached hydrogen (secondary N) is 1. The van der Waals surface area contributed by atoms with Crippen molar-refractivity contribution in [2.75, 3.05) is 23.3 Å². The molecule has 0 saturated carbocycles. The number of fused-ring (bicyclic) bond motifs is 1. The Labute approximate surface area is 163 Å². The topological polar surface area (TPSA) is 75.4 Å². The smallest absolute Gasteiger partial charge is 0.226 e. The first-order chi connectivity index (χ1) is 13.4. The van der Waals surface area contributed by atoms with E-state index in [0.29, 0.717) is 17.5 Å². The molecular weight excluding hydrogens is 357 g/mol. The summed E-state index contributed by atoms with van der Waals surface area (Å²) >= 11 is 0. The molecule has 6 heteroatoms. The molecule has 146 valence electrons. The molecule has 0 bridgehead atoms. The number of anilines is 2. The Morgan fingerprint density at radius 3 is 2.68 bits per heavy atom. The molecule has 1 saturated heterocycles. The standard InChI is InChI=1S/C22H24FN3O2/c1-22(21(24)28)12-16-8-14(13-27)4-5-19(16)25-20(22)15-9-17(23)11-18(10-15)26-6-2-3-7-26/h4-5,8-11,13,20,25H,2-3,6-7,12H2,1H3,(H2,24,28). The van der Waals surface area contributed by atoms with Crippen LogP contribution in [0.3, 0.4) is 0 Å². The minimum absolute atomic E-state index is 0.324. The number of rotatable bonds is 4. The van der Waals surface area contributed by atoms with E-state index in [1.165, 1.54) is 6.07 Å². The summed E-state index contributed by atoms with van der Waals surface area (Å²) in [5.74, 6) is -0.783. The SMILES string of the molecule is CC1(C(N)=O)Cc2cc(C=O)ccc2NC1c1cc(F)cc(N2CCCC2)c1. The quantitative estimate of drug-likeness (QED) is 0.796. The van der Waals surface area contributed by atoms with E-state index in [0.717, 1.165) is 49.2 Å². The molecule has 0 aromatic heterocycles. The molecule has 2 unspecified atom stereocenters. The van der Waals surface area contributed by atoms with Crippen molar-refractivity contribution >= 4 is 23.6 Å². The fourth-order valence-electron chi connectivity index (χ4n) is 4.39. The lowest BCUT2D eigenvalue weighted by Gasteiger charge is -2.41. The maximum Gasteiger partial charge on any atom is 0.226 e. The van der Waals surface area contributed by atoms with Crippen LogP contribution in [0, 0.1) is 11.2 Å². The minimum atomic E-state index is -0.954. The van der Waals surface area contributed by atoms with Gasteiger partial charge in [-0.05, 0) is 73.7 Å². The van der Waals surface area contributed by atoms with Crippen LogP contribution in [0.2, 0.25) is 0 Å². The van der Waals surface area contributed by atoms with Crippen LogP contribution in [-0.2, 0) is 11.2 Å². The highest BCUT2D eigenvalue weighted by atomic mass is 19.1. The molecule has 2 aromatic rings. The Morgan fingerprint density at radius 2 is 2.00 bits per heavy atom. The first-order valence-corrected chi connectivity index (χ1v) is 9.61. The predicted molar refractivity (Wildman–Crippen MR) is 107 cm³/mol. The number of halogens is 1. The molecule has 0 spiro atoms. The molecule has 5 nitrogen and oxygen atoms in total.